The highest BCUT2D eigenvalue weighted by Crippen LogP contribution is 2.30. The lowest BCUT2D eigenvalue weighted by atomic mass is 10.2. The second-order valence-electron chi connectivity index (χ2n) is 5.21. The number of H-pyrrole nitrogens is 1. The fourth-order valence-corrected chi connectivity index (χ4v) is 2.73. The molecule has 1 aromatic heterocycles. The molecule has 1 amide bonds. The number of amides is 1. The number of aromatic nitrogens is 2. The number of nitrogens with zero attached hydrogens (tertiary/aromatic N) is 1. The van der Waals surface area contributed by atoms with Gasteiger partial charge in [-0.25, -0.2) is 4.98 Å². The third-order valence-corrected chi connectivity index (χ3v) is 3.97. The minimum atomic E-state index is -4.47. The van der Waals surface area contributed by atoms with Crippen LogP contribution in [-0.2, 0) is 17.4 Å². The van der Waals surface area contributed by atoms with Crippen LogP contribution in [0, 0.1) is 0 Å². The van der Waals surface area contributed by atoms with Gasteiger partial charge in [-0.2, -0.15) is 13.2 Å². The van der Waals surface area contributed by atoms with E-state index in [1.54, 1.807) is 0 Å². The van der Waals surface area contributed by atoms with Crippen molar-refractivity contribution >= 4 is 23.4 Å². The van der Waals surface area contributed by atoms with Gasteiger partial charge in [0.25, 0.3) is 5.56 Å². The third kappa shape index (κ3) is 5.93. The SMILES string of the molecule is CCCc1cc(=O)[nH]c(SCC(=O)Nc2cccc(C(F)(F)F)c2)n1. The van der Waals surface area contributed by atoms with E-state index < -0.39 is 17.6 Å². The van der Waals surface area contributed by atoms with E-state index in [1.807, 2.05) is 6.92 Å². The van der Waals surface area contributed by atoms with Gasteiger partial charge < -0.3 is 10.3 Å². The van der Waals surface area contributed by atoms with Gasteiger partial charge in [0.1, 0.15) is 0 Å². The predicted molar refractivity (Wildman–Crippen MR) is 89.7 cm³/mol. The van der Waals surface area contributed by atoms with Crippen LogP contribution in [0.2, 0.25) is 0 Å². The van der Waals surface area contributed by atoms with E-state index in [0.717, 1.165) is 30.3 Å². The Kier molecular flexibility index (Phi) is 6.24. The number of halogens is 3. The van der Waals surface area contributed by atoms with Crippen LogP contribution in [-0.4, -0.2) is 21.6 Å². The quantitative estimate of drug-likeness (QED) is 0.602. The van der Waals surface area contributed by atoms with Gasteiger partial charge in [0.05, 0.1) is 11.3 Å². The molecule has 0 bridgehead atoms. The second kappa shape index (κ2) is 8.19. The lowest BCUT2D eigenvalue weighted by molar-refractivity contribution is -0.137. The highest BCUT2D eigenvalue weighted by atomic mass is 32.2. The zero-order chi connectivity index (χ0) is 18.4. The number of aromatic amines is 1. The Morgan fingerprint density at radius 3 is 2.76 bits per heavy atom. The number of nitrogens with one attached hydrogen (secondary N) is 2. The van der Waals surface area contributed by atoms with Crippen molar-refractivity contribution in [2.45, 2.75) is 31.1 Å². The van der Waals surface area contributed by atoms with Gasteiger partial charge in [-0.1, -0.05) is 31.2 Å². The van der Waals surface area contributed by atoms with Crippen LogP contribution < -0.4 is 10.9 Å². The summed E-state index contributed by atoms with van der Waals surface area (Å²) in [5.41, 5.74) is -0.455. The molecule has 134 valence electrons. The molecule has 0 saturated heterocycles. The van der Waals surface area contributed by atoms with Gasteiger partial charge in [0.2, 0.25) is 5.91 Å². The van der Waals surface area contributed by atoms with Gasteiger partial charge in [-0.3, -0.25) is 9.59 Å². The Balaban J connectivity index is 1.98. The maximum absolute atomic E-state index is 12.7. The molecule has 0 aliphatic heterocycles. The first kappa shape index (κ1) is 19.0. The topological polar surface area (TPSA) is 74.8 Å². The Bertz CT molecular complexity index is 806. The molecule has 0 atom stereocenters. The normalized spacial score (nSPS) is 11.4. The number of hydrogen-bond acceptors (Lipinski definition) is 4. The standard InChI is InChI=1S/C16H16F3N3O2S/c1-2-4-11-8-13(23)22-15(21-11)25-9-14(24)20-12-6-3-5-10(7-12)16(17,18)19/h3,5-8H,2,4,9H2,1H3,(H,20,24)(H,21,22,23). The number of aryl methyl sites for hydroxylation is 1. The third-order valence-electron chi connectivity index (χ3n) is 3.09. The van der Waals surface area contributed by atoms with E-state index in [2.05, 4.69) is 15.3 Å². The van der Waals surface area contributed by atoms with Crippen molar-refractivity contribution in [1.82, 2.24) is 9.97 Å². The molecule has 2 N–H and O–H groups in total. The minimum absolute atomic E-state index is 0.0570. The van der Waals surface area contributed by atoms with Crippen LogP contribution in [0.3, 0.4) is 0 Å². The summed E-state index contributed by atoms with van der Waals surface area (Å²) in [6, 6.07) is 5.79. The van der Waals surface area contributed by atoms with E-state index in [9.17, 15) is 22.8 Å². The molecule has 0 aliphatic rings. The first-order chi connectivity index (χ1) is 11.8. The number of hydrogen-bond donors (Lipinski definition) is 2. The average Bonchev–Trinajstić information content (AvgIpc) is 2.52. The number of alkyl halides is 3. The van der Waals surface area contributed by atoms with Crippen LogP contribution in [0.4, 0.5) is 18.9 Å². The molecule has 0 spiro atoms. The number of anilines is 1. The van der Waals surface area contributed by atoms with Crippen LogP contribution in [0.1, 0.15) is 24.6 Å². The van der Waals surface area contributed by atoms with Crippen molar-refractivity contribution in [3.8, 4) is 0 Å². The van der Waals surface area contributed by atoms with Crippen molar-refractivity contribution in [2.75, 3.05) is 11.1 Å². The van der Waals surface area contributed by atoms with Crippen molar-refractivity contribution in [1.29, 1.82) is 0 Å². The predicted octanol–water partition coefficient (Wildman–Crippen LogP) is 3.47. The summed E-state index contributed by atoms with van der Waals surface area (Å²) >= 11 is 1.01. The molecule has 1 aromatic carbocycles. The molecule has 0 saturated carbocycles. The summed E-state index contributed by atoms with van der Waals surface area (Å²) in [5.74, 6) is -0.581. The molecule has 25 heavy (non-hydrogen) atoms. The van der Waals surface area contributed by atoms with Crippen molar-refractivity contribution in [3.05, 3.63) is 51.9 Å². The summed E-state index contributed by atoms with van der Waals surface area (Å²) in [5, 5.41) is 2.70. The molecular formula is C16H16F3N3O2S. The largest absolute Gasteiger partial charge is 0.416 e. The van der Waals surface area contributed by atoms with E-state index in [1.165, 1.54) is 18.2 Å². The van der Waals surface area contributed by atoms with Crippen molar-refractivity contribution in [2.24, 2.45) is 0 Å². The minimum Gasteiger partial charge on any atom is -0.325 e. The van der Waals surface area contributed by atoms with Crippen molar-refractivity contribution < 1.29 is 18.0 Å². The van der Waals surface area contributed by atoms with Crippen LogP contribution in [0.15, 0.2) is 40.3 Å². The second-order valence-corrected chi connectivity index (χ2v) is 6.17. The van der Waals surface area contributed by atoms with Crippen LogP contribution >= 0.6 is 11.8 Å². The Morgan fingerprint density at radius 1 is 1.32 bits per heavy atom. The fraction of sp³-hybridized carbons (Fsp3) is 0.312. The zero-order valence-electron chi connectivity index (χ0n) is 13.3. The van der Waals surface area contributed by atoms with E-state index in [-0.39, 0.29) is 17.0 Å². The zero-order valence-corrected chi connectivity index (χ0v) is 14.1. The van der Waals surface area contributed by atoms with Gasteiger partial charge in [0.15, 0.2) is 5.16 Å². The molecule has 0 aliphatic carbocycles. The highest BCUT2D eigenvalue weighted by molar-refractivity contribution is 7.99. The monoisotopic (exact) mass is 371 g/mol. The first-order valence-corrected chi connectivity index (χ1v) is 8.46. The average molecular weight is 371 g/mol. The van der Waals surface area contributed by atoms with Crippen LogP contribution in [0.25, 0.3) is 0 Å². The molecule has 0 radical (unpaired) electrons. The number of carbonyl (C=O) groups excluding carboxylic acids is 1. The number of rotatable bonds is 6. The molecule has 0 unspecified atom stereocenters. The van der Waals surface area contributed by atoms with E-state index in [0.29, 0.717) is 17.3 Å². The molecule has 5 nitrogen and oxygen atoms in total. The Morgan fingerprint density at radius 2 is 2.08 bits per heavy atom. The maximum atomic E-state index is 12.7. The maximum Gasteiger partial charge on any atom is 0.416 e. The smallest absolute Gasteiger partial charge is 0.325 e. The fourth-order valence-electron chi connectivity index (χ4n) is 2.04. The molecule has 9 heteroatoms. The van der Waals surface area contributed by atoms with E-state index in [4.69, 9.17) is 0 Å². The van der Waals surface area contributed by atoms with Crippen molar-refractivity contribution in [3.63, 3.8) is 0 Å². The molecule has 1 heterocycles. The van der Waals surface area contributed by atoms with Gasteiger partial charge >= 0.3 is 6.18 Å². The van der Waals surface area contributed by atoms with Gasteiger partial charge in [-0.15, -0.1) is 0 Å². The Hall–Kier alpha value is -2.29. The highest BCUT2D eigenvalue weighted by Gasteiger charge is 2.30. The lowest BCUT2D eigenvalue weighted by Gasteiger charge is -2.09. The molecule has 2 rings (SSSR count). The number of benzene rings is 1. The van der Waals surface area contributed by atoms with Gasteiger partial charge in [-0.05, 0) is 24.6 Å². The summed E-state index contributed by atoms with van der Waals surface area (Å²) in [7, 11) is 0. The molecular weight excluding hydrogens is 355 g/mol. The summed E-state index contributed by atoms with van der Waals surface area (Å²) in [4.78, 5) is 30.2. The van der Waals surface area contributed by atoms with Crippen LogP contribution in [0.5, 0.6) is 0 Å². The summed E-state index contributed by atoms with van der Waals surface area (Å²) in [6.45, 7) is 1.96. The van der Waals surface area contributed by atoms with E-state index >= 15 is 0 Å². The number of thioether (sulfide) groups is 1. The summed E-state index contributed by atoms with van der Waals surface area (Å²) < 4.78 is 38.0. The lowest BCUT2D eigenvalue weighted by Crippen LogP contribution is -2.16. The number of carbonyl (C=O) groups is 1. The first-order valence-electron chi connectivity index (χ1n) is 7.48. The Labute approximate surface area is 146 Å². The molecule has 0 fully saturated rings. The molecule has 2 aromatic rings. The van der Waals surface area contributed by atoms with Gasteiger partial charge in [0, 0.05) is 17.4 Å². The summed E-state index contributed by atoms with van der Waals surface area (Å²) in [6.07, 6.45) is -3.00.